The average molecular weight is 314 g/mol. The maximum atomic E-state index is 13.9. The fourth-order valence-electron chi connectivity index (χ4n) is 2.32. The average Bonchev–Trinajstić information content (AvgIpc) is 2.79. The molecule has 0 spiro atoms. The third-order valence-corrected chi connectivity index (χ3v) is 3.66. The zero-order valence-electron chi connectivity index (χ0n) is 12.0. The van der Waals surface area contributed by atoms with Crippen LogP contribution < -0.4 is 5.32 Å². The normalized spacial score (nSPS) is 12.6. The number of nitrogens with zero attached hydrogens (tertiary/aromatic N) is 2. The molecule has 0 fully saturated rings. The van der Waals surface area contributed by atoms with E-state index in [1.54, 1.807) is 24.0 Å². The number of halogens is 3. The van der Waals surface area contributed by atoms with Gasteiger partial charge >= 0.3 is 0 Å². The van der Waals surface area contributed by atoms with Gasteiger partial charge in [0.15, 0.2) is 11.6 Å². The van der Waals surface area contributed by atoms with Gasteiger partial charge in [0.05, 0.1) is 23.0 Å². The lowest BCUT2D eigenvalue weighted by atomic mass is 10.0. The van der Waals surface area contributed by atoms with Crippen LogP contribution in [-0.2, 0) is 13.5 Å². The van der Waals surface area contributed by atoms with Gasteiger partial charge < -0.3 is 5.32 Å². The van der Waals surface area contributed by atoms with E-state index in [2.05, 4.69) is 10.4 Å². The minimum Gasteiger partial charge on any atom is -0.308 e. The van der Waals surface area contributed by atoms with Crippen LogP contribution in [0, 0.1) is 11.6 Å². The van der Waals surface area contributed by atoms with Crippen LogP contribution in [-0.4, -0.2) is 16.3 Å². The summed E-state index contributed by atoms with van der Waals surface area (Å²) < 4.78 is 28.9. The molecule has 1 N–H and O–H groups in total. The second-order valence-electron chi connectivity index (χ2n) is 4.93. The molecule has 6 heteroatoms. The summed E-state index contributed by atoms with van der Waals surface area (Å²) in [5.41, 5.74) is 1.09. The van der Waals surface area contributed by atoms with Crippen molar-refractivity contribution in [1.82, 2.24) is 15.1 Å². The first-order valence-electron chi connectivity index (χ1n) is 6.88. The first kappa shape index (κ1) is 15.9. The maximum absolute atomic E-state index is 13.9. The van der Waals surface area contributed by atoms with Gasteiger partial charge in [0, 0.05) is 7.05 Å². The predicted octanol–water partition coefficient (Wildman–Crippen LogP) is 3.64. The Hall–Kier alpha value is -1.46. The number of aromatic nitrogens is 2. The number of hydrogen-bond acceptors (Lipinski definition) is 2. The largest absolute Gasteiger partial charge is 0.308 e. The fraction of sp³-hybridized carbons (Fsp3) is 0.400. The lowest BCUT2D eigenvalue weighted by molar-refractivity contribution is 0.463. The second-order valence-corrected chi connectivity index (χ2v) is 5.33. The van der Waals surface area contributed by atoms with Crippen molar-refractivity contribution in [2.45, 2.75) is 25.8 Å². The number of rotatable bonds is 6. The minimum atomic E-state index is -0.835. The molecule has 3 nitrogen and oxygen atoms in total. The van der Waals surface area contributed by atoms with Gasteiger partial charge in [0.1, 0.15) is 0 Å². The Morgan fingerprint density at radius 1 is 1.38 bits per heavy atom. The Morgan fingerprint density at radius 2 is 2.14 bits per heavy atom. The molecule has 0 aliphatic heterocycles. The lowest BCUT2D eigenvalue weighted by Gasteiger charge is -2.20. The first-order valence-corrected chi connectivity index (χ1v) is 7.26. The summed E-state index contributed by atoms with van der Waals surface area (Å²) in [7, 11) is 1.78. The Morgan fingerprint density at radius 3 is 2.76 bits per heavy atom. The van der Waals surface area contributed by atoms with Crippen molar-refractivity contribution in [3.8, 4) is 0 Å². The molecular weight excluding hydrogens is 296 g/mol. The van der Waals surface area contributed by atoms with Gasteiger partial charge in [0.25, 0.3) is 0 Å². The summed E-state index contributed by atoms with van der Waals surface area (Å²) in [6, 6.07) is 3.99. The zero-order valence-corrected chi connectivity index (χ0v) is 12.8. The van der Waals surface area contributed by atoms with Gasteiger partial charge in [-0.05, 0) is 31.0 Å². The Bertz CT molecular complexity index is 593. The van der Waals surface area contributed by atoms with Crippen molar-refractivity contribution in [3.05, 3.63) is 52.3 Å². The summed E-state index contributed by atoms with van der Waals surface area (Å²) >= 11 is 6.16. The van der Waals surface area contributed by atoms with Gasteiger partial charge in [-0.15, -0.1) is 0 Å². The third kappa shape index (κ3) is 3.60. The van der Waals surface area contributed by atoms with Gasteiger partial charge in [-0.1, -0.05) is 30.7 Å². The molecule has 1 atom stereocenters. The molecule has 2 rings (SSSR count). The quantitative estimate of drug-likeness (QED) is 0.882. The van der Waals surface area contributed by atoms with E-state index in [1.807, 2.05) is 6.92 Å². The van der Waals surface area contributed by atoms with E-state index in [9.17, 15) is 8.78 Å². The lowest BCUT2D eigenvalue weighted by Crippen LogP contribution is -2.26. The SMILES string of the molecule is CCCNC(Cc1cccc(F)c1F)c1c(Cl)cnn1C. The maximum Gasteiger partial charge on any atom is 0.162 e. The van der Waals surface area contributed by atoms with E-state index in [-0.39, 0.29) is 6.04 Å². The molecule has 0 amide bonds. The Labute approximate surface area is 127 Å². The number of aryl methyl sites for hydroxylation is 1. The molecule has 114 valence electrons. The van der Waals surface area contributed by atoms with E-state index in [0.717, 1.165) is 24.7 Å². The van der Waals surface area contributed by atoms with Crippen LogP contribution in [0.3, 0.4) is 0 Å². The second kappa shape index (κ2) is 7.00. The van der Waals surface area contributed by atoms with Crippen LogP contribution in [0.25, 0.3) is 0 Å². The summed E-state index contributed by atoms with van der Waals surface area (Å²) in [4.78, 5) is 0. The van der Waals surface area contributed by atoms with Gasteiger partial charge in [-0.3, -0.25) is 4.68 Å². The van der Waals surface area contributed by atoms with E-state index >= 15 is 0 Å². The highest BCUT2D eigenvalue weighted by molar-refractivity contribution is 6.31. The fourth-order valence-corrected chi connectivity index (χ4v) is 2.62. The number of nitrogens with one attached hydrogen (secondary N) is 1. The van der Waals surface area contributed by atoms with Crippen molar-refractivity contribution in [1.29, 1.82) is 0 Å². The third-order valence-electron chi connectivity index (χ3n) is 3.36. The van der Waals surface area contributed by atoms with Crippen molar-refractivity contribution >= 4 is 11.6 Å². The van der Waals surface area contributed by atoms with Crippen molar-refractivity contribution in [2.24, 2.45) is 7.05 Å². The predicted molar refractivity (Wildman–Crippen MR) is 79.3 cm³/mol. The van der Waals surface area contributed by atoms with E-state index in [1.165, 1.54) is 6.07 Å². The van der Waals surface area contributed by atoms with Gasteiger partial charge in [-0.2, -0.15) is 5.10 Å². The van der Waals surface area contributed by atoms with Gasteiger partial charge in [-0.25, -0.2) is 8.78 Å². The molecule has 1 unspecified atom stereocenters. The minimum absolute atomic E-state index is 0.221. The summed E-state index contributed by atoms with van der Waals surface area (Å²) in [5, 5.41) is 7.93. The van der Waals surface area contributed by atoms with Crippen molar-refractivity contribution < 1.29 is 8.78 Å². The van der Waals surface area contributed by atoms with E-state index < -0.39 is 11.6 Å². The number of benzene rings is 1. The highest BCUT2D eigenvalue weighted by Gasteiger charge is 2.21. The van der Waals surface area contributed by atoms with Crippen LogP contribution in [0.2, 0.25) is 5.02 Å². The summed E-state index contributed by atoms with van der Waals surface area (Å²) in [6.07, 6.45) is 2.79. The molecule has 1 aromatic carbocycles. The monoisotopic (exact) mass is 313 g/mol. The zero-order chi connectivity index (χ0) is 15.4. The van der Waals surface area contributed by atoms with Crippen molar-refractivity contribution in [2.75, 3.05) is 6.54 Å². The Balaban J connectivity index is 2.31. The Kier molecular flexibility index (Phi) is 5.31. The molecular formula is C15H18ClF2N3. The summed E-state index contributed by atoms with van der Waals surface area (Å²) in [5.74, 6) is -1.64. The van der Waals surface area contributed by atoms with Crippen LogP contribution in [0.5, 0.6) is 0 Å². The molecule has 0 saturated heterocycles. The smallest absolute Gasteiger partial charge is 0.162 e. The van der Waals surface area contributed by atoms with E-state index in [0.29, 0.717) is 17.0 Å². The topological polar surface area (TPSA) is 29.9 Å². The molecule has 0 bridgehead atoms. The standard InChI is InChI=1S/C15H18ClF2N3/c1-3-7-19-13(15-11(16)9-20-21(15)2)8-10-5-4-6-12(17)14(10)18/h4-6,9,13,19H,3,7-8H2,1-2H3. The van der Waals surface area contributed by atoms with Crippen LogP contribution >= 0.6 is 11.6 Å². The first-order chi connectivity index (χ1) is 10.0. The molecule has 0 saturated carbocycles. The van der Waals surface area contributed by atoms with Gasteiger partial charge in [0.2, 0.25) is 0 Å². The van der Waals surface area contributed by atoms with E-state index in [4.69, 9.17) is 11.6 Å². The van der Waals surface area contributed by atoms with Crippen LogP contribution in [0.15, 0.2) is 24.4 Å². The molecule has 21 heavy (non-hydrogen) atoms. The molecule has 0 radical (unpaired) electrons. The molecule has 0 aliphatic carbocycles. The molecule has 0 aliphatic rings. The number of hydrogen-bond donors (Lipinski definition) is 1. The van der Waals surface area contributed by atoms with Crippen LogP contribution in [0.1, 0.15) is 30.6 Å². The molecule has 2 aromatic rings. The molecule has 1 heterocycles. The highest BCUT2D eigenvalue weighted by Crippen LogP contribution is 2.26. The molecule has 1 aromatic heterocycles. The van der Waals surface area contributed by atoms with Crippen molar-refractivity contribution in [3.63, 3.8) is 0 Å². The highest BCUT2D eigenvalue weighted by atomic mass is 35.5. The summed E-state index contributed by atoms with van der Waals surface area (Å²) in [6.45, 7) is 2.79. The van der Waals surface area contributed by atoms with Crippen LogP contribution in [0.4, 0.5) is 8.78 Å².